The third-order valence-corrected chi connectivity index (χ3v) is 5.92. The number of aromatic nitrogens is 2. The van der Waals surface area contributed by atoms with E-state index < -0.39 is 0 Å². The molecule has 3 atom stereocenters. The molecular formula is C16H27N3. The molecule has 1 aromatic rings. The zero-order valence-electron chi connectivity index (χ0n) is 12.7. The fourth-order valence-electron chi connectivity index (χ4n) is 4.80. The van der Waals surface area contributed by atoms with Gasteiger partial charge < -0.3 is 5.32 Å². The fourth-order valence-corrected chi connectivity index (χ4v) is 4.80. The second-order valence-electron chi connectivity index (χ2n) is 7.50. The van der Waals surface area contributed by atoms with Crippen LogP contribution in [0.2, 0.25) is 0 Å². The molecule has 0 spiro atoms. The van der Waals surface area contributed by atoms with Gasteiger partial charge in [0.1, 0.15) is 0 Å². The van der Waals surface area contributed by atoms with Crippen molar-refractivity contribution in [1.29, 1.82) is 0 Å². The topological polar surface area (TPSA) is 29.9 Å². The van der Waals surface area contributed by atoms with E-state index >= 15 is 0 Å². The minimum atomic E-state index is 0.458. The number of rotatable bonds is 4. The van der Waals surface area contributed by atoms with E-state index in [1.54, 1.807) is 0 Å². The lowest BCUT2D eigenvalue weighted by Gasteiger charge is -2.43. The van der Waals surface area contributed by atoms with E-state index in [9.17, 15) is 0 Å². The Morgan fingerprint density at radius 3 is 2.79 bits per heavy atom. The normalized spacial score (nSPS) is 36.0. The Hall–Kier alpha value is -0.830. The van der Waals surface area contributed by atoms with Crippen LogP contribution in [-0.2, 0) is 13.5 Å². The molecule has 2 aliphatic carbocycles. The highest BCUT2D eigenvalue weighted by molar-refractivity contribution is 5.12. The first kappa shape index (κ1) is 13.2. The highest BCUT2D eigenvalue weighted by atomic mass is 15.3. The molecule has 3 nitrogen and oxygen atoms in total. The number of hydrogen-bond acceptors (Lipinski definition) is 2. The van der Waals surface area contributed by atoms with Crippen molar-refractivity contribution in [3.05, 3.63) is 18.0 Å². The minimum absolute atomic E-state index is 0.458. The summed E-state index contributed by atoms with van der Waals surface area (Å²) in [6, 6.07) is 2.79. The van der Waals surface area contributed by atoms with Crippen LogP contribution in [-0.4, -0.2) is 22.4 Å². The van der Waals surface area contributed by atoms with Gasteiger partial charge in [-0.2, -0.15) is 5.10 Å². The number of hydrogen-bond donors (Lipinski definition) is 1. The second kappa shape index (κ2) is 4.34. The Kier molecular flexibility index (Phi) is 3.01. The van der Waals surface area contributed by atoms with Crippen molar-refractivity contribution >= 4 is 0 Å². The highest BCUT2D eigenvalue weighted by Gasteiger charge is 2.58. The standard InChI is InChI=1S/C16H27N3/c1-15(2)12-5-8-16(3,11-12)14(15)17-9-6-13-7-10-18-19(13)4/h7,10,12,14,17H,5-6,8-9,11H2,1-4H3. The summed E-state index contributed by atoms with van der Waals surface area (Å²) in [5, 5.41) is 8.10. The Labute approximate surface area is 116 Å². The molecule has 2 bridgehead atoms. The van der Waals surface area contributed by atoms with Gasteiger partial charge in [-0.05, 0) is 42.1 Å². The van der Waals surface area contributed by atoms with Crippen LogP contribution in [0.3, 0.4) is 0 Å². The molecule has 2 fully saturated rings. The Bertz CT molecular complexity index is 458. The molecule has 3 heteroatoms. The molecule has 1 N–H and O–H groups in total. The van der Waals surface area contributed by atoms with Crippen LogP contribution in [0, 0.1) is 16.7 Å². The first-order valence-corrected chi connectivity index (χ1v) is 7.64. The van der Waals surface area contributed by atoms with E-state index in [-0.39, 0.29) is 0 Å². The van der Waals surface area contributed by atoms with Crippen LogP contribution in [0.4, 0.5) is 0 Å². The van der Waals surface area contributed by atoms with Crippen molar-refractivity contribution in [3.63, 3.8) is 0 Å². The summed E-state index contributed by atoms with van der Waals surface area (Å²) in [4.78, 5) is 0. The summed E-state index contributed by atoms with van der Waals surface area (Å²) in [5.41, 5.74) is 2.30. The Morgan fingerprint density at radius 1 is 1.42 bits per heavy atom. The van der Waals surface area contributed by atoms with Crippen LogP contribution in [0.1, 0.15) is 45.7 Å². The maximum Gasteiger partial charge on any atom is 0.0492 e. The lowest BCUT2D eigenvalue weighted by atomic mass is 9.68. The maximum atomic E-state index is 4.24. The molecule has 2 saturated carbocycles. The van der Waals surface area contributed by atoms with Crippen LogP contribution < -0.4 is 5.32 Å². The van der Waals surface area contributed by atoms with Gasteiger partial charge in [-0.25, -0.2) is 0 Å². The van der Waals surface area contributed by atoms with Gasteiger partial charge in [0.2, 0.25) is 0 Å². The SMILES string of the molecule is Cn1nccc1CCNC1C2(C)CCC(C2)C1(C)C. The summed E-state index contributed by atoms with van der Waals surface area (Å²) < 4.78 is 1.98. The molecule has 0 saturated heterocycles. The molecular weight excluding hydrogens is 234 g/mol. The smallest absolute Gasteiger partial charge is 0.0492 e. The van der Waals surface area contributed by atoms with Crippen molar-refractivity contribution in [2.45, 2.75) is 52.5 Å². The molecule has 3 unspecified atom stereocenters. The minimum Gasteiger partial charge on any atom is -0.313 e. The third-order valence-electron chi connectivity index (χ3n) is 5.92. The molecule has 0 radical (unpaired) electrons. The predicted octanol–water partition coefficient (Wildman–Crippen LogP) is 2.77. The van der Waals surface area contributed by atoms with Crippen molar-refractivity contribution in [3.8, 4) is 0 Å². The van der Waals surface area contributed by atoms with Gasteiger partial charge in [0.15, 0.2) is 0 Å². The van der Waals surface area contributed by atoms with E-state index in [0.717, 1.165) is 18.9 Å². The maximum absolute atomic E-state index is 4.24. The lowest BCUT2D eigenvalue weighted by Crippen LogP contribution is -2.50. The van der Waals surface area contributed by atoms with Crippen LogP contribution in [0.5, 0.6) is 0 Å². The molecule has 1 aromatic heterocycles. The average Bonchev–Trinajstić information content (AvgIpc) is 2.95. The van der Waals surface area contributed by atoms with Gasteiger partial charge >= 0.3 is 0 Å². The molecule has 0 amide bonds. The number of fused-ring (bicyclic) bond motifs is 2. The van der Waals surface area contributed by atoms with E-state index in [2.05, 4.69) is 37.3 Å². The third kappa shape index (κ3) is 2.03. The summed E-state index contributed by atoms with van der Waals surface area (Å²) in [7, 11) is 2.03. The van der Waals surface area contributed by atoms with Crippen molar-refractivity contribution in [1.82, 2.24) is 15.1 Å². The van der Waals surface area contributed by atoms with Crippen molar-refractivity contribution in [2.75, 3.05) is 6.54 Å². The molecule has 0 aliphatic heterocycles. The first-order chi connectivity index (χ1) is 8.93. The van der Waals surface area contributed by atoms with E-state index in [0.29, 0.717) is 16.9 Å². The summed E-state index contributed by atoms with van der Waals surface area (Å²) in [6.07, 6.45) is 7.22. The fraction of sp³-hybridized carbons (Fsp3) is 0.812. The quantitative estimate of drug-likeness (QED) is 0.903. The number of aryl methyl sites for hydroxylation is 1. The first-order valence-electron chi connectivity index (χ1n) is 7.64. The van der Waals surface area contributed by atoms with Crippen LogP contribution in [0.15, 0.2) is 12.3 Å². The van der Waals surface area contributed by atoms with E-state index in [4.69, 9.17) is 0 Å². The van der Waals surface area contributed by atoms with Crippen LogP contribution >= 0.6 is 0 Å². The van der Waals surface area contributed by atoms with Gasteiger partial charge in [-0.15, -0.1) is 0 Å². The van der Waals surface area contributed by atoms with Crippen molar-refractivity contribution in [2.24, 2.45) is 23.8 Å². The predicted molar refractivity (Wildman–Crippen MR) is 77.9 cm³/mol. The average molecular weight is 261 g/mol. The number of nitrogens with one attached hydrogen (secondary N) is 1. The summed E-state index contributed by atoms with van der Waals surface area (Å²) >= 11 is 0. The molecule has 1 heterocycles. The van der Waals surface area contributed by atoms with Gasteiger partial charge in [0.05, 0.1) is 0 Å². The molecule has 3 rings (SSSR count). The van der Waals surface area contributed by atoms with Gasteiger partial charge in [-0.1, -0.05) is 20.8 Å². The van der Waals surface area contributed by atoms with Gasteiger partial charge in [-0.3, -0.25) is 4.68 Å². The zero-order valence-corrected chi connectivity index (χ0v) is 12.7. The van der Waals surface area contributed by atoms with E-state index in [1.807, 2.05) is 17.9 Å². The molecule has 19 heavy (non-hydrogen) atoms. The summed E-state index contributed by atoms with van der Waals surface area (Å²) in [5.74, 6) is 0.923. The van der Waals surface area contributed by atoms with Crippen LogP contribution in [0.25, 0.3) is 0 Å². The zero-order chi connectivity index (χ0) is 13.7. The van der Waals surface area contributed by atoms with Gasteiger partial charge in [0, 0.05) is 37.9 Å². The second-order valence-corrected chi connectivity index (χ2v) is 7.50. The Morgan fingerprint density at radius 2 is 2.21 bits per heavy atom. The highest BCUT2D eigenvalue weighted by Crippen LogP contribution is 2.62. The largest absolute Gasteiger partial charge is 0.313 e. The monoisotopic (exact) mass is 261 g/mol. The van der Waals surface area contributed by atoms with Gasteiger partial charge in [0.25, 0.3) is 0 Å². The molecule has 2 aliphatic rings. The number of nitrogens with zero attached hydrogens (tertiary/aromatic N) is 2. The molecule has 0 aromatic carbocycles. The van der Waals surface area contributed by atoms with E-state index in [1.165, 1.54) is 25.0 Å². The Balaban J connectivity index is 1.62. The lowest BCUT2D eigenvalue weighted by molar-refractivity contribution is 0.110. The van der Waals surface area contributed by atoms with Crippen molar-refractivity contribution < 1.29 is 0 Å². The molecule has 106 valence electrons. The summed E-state index contributed by atoms with van der Waals surface area (Å²) in [6.45, 7) is 8.48.